The van der Waals surface area contributed by atoms with Crippen molar-refractivity contribution in [2.45, 2.75) is 82.8 Å². The second kappa shape index (κ2) is 7.62. The molecule has 0 saturated carbocycles. The number of hydrogen-bond acceptors (Lipinski definition) is 4. The van der Waals surface area contributed by atoms with E-state index < -0.39 is 36.3 Å². The van der Waals surface area contributed by atoms with E-state index in [2.05, 4.69) is 5.32 Å². The molecule has 0 aromatic carbocycles. The van der Waals surface area contributed by atoms with E-state index in [4.69, 9.17) is 4.74 Å². The Balaban J connectivity index is 1.98. The molecule has 2 rings (SSSR count). The lowest BCUT2D eigenvalue weighted by atomic mass is 9.84. The summed E-state index contributed by atoms with van der Waals surface area (Å²) in [5, 5.41) is 11.9. The minimum Gasteiger partial charge on any atom is -0.480 e. The highest BCUT2D eigenvalue weighted by Gasteiger charge is 2.46. The average Bonchev–Trinajstić information content (AvgIpc) is 2.68. The first kappa shape index (κ1) is 20.8. The number of carbonyl (C=O) groups excluding carboxylic acids is 1. The molecule has 6 nitrogen and oxygen atoms in total. The Morgan fingerprint density at radius 1 is 1.19 bits per heavy atom. The highest BCUT2D eigenvalue weighted by molar-refractivity contribution is 5.80. The number of ether oxygens (including phenoxy) is 1. The van der Waals surface area contributed by atoms with E-state index in [9.17, 15) is 27.9 Å². The first-order valence-corrected chi connectivity index (χ1v) is 8.90. The van der Waals surface area contributed by atoms with E-state index in [1.54, 1.807) is 20.8 Å². The molecule has 0 aromatic rings. The maximum atomic E-state index is 12.5. The maximum absolute atomic E-state index is 12.5. The topological polar surface area (TPSA) is 78.9 Å². The summed E-state index contributed by atoms with van der Waals surface area (Å²) in [5.41, 5.74) is -0.743. The minimum absolute atomic E-state index is 0.0528. The van der Waals surface area contributed by atoms with Gasteiger partial charge in [0.1, 0.15) is 11.6 Å². The highest BCUT2D eigenvalue weighted by Crippen LogP contribution is 2.40. The predicted molar refractivity (Wildman–Crippen MR) is 87.7 cm³/mol. The fourth-order valence-electron chi connectivity index (χ4n) is 4.03. The summed E-state index contributed by atoms with van der Waals surface area (Å²) < 4.78 is 42.7. The molecule has 150 valence electrons. The van der Waals surface area contributed by atoms with Crippen molar-refractivity contribution in [1.82, 2.24) is 10.2 Å². The van der Waals surface area contributed by atoms with Crippen molar-refractivity contribution < 1.29 is 32.6 Å². The number of nitrogens with zero attached hydrogens (tertiary/aromatic N) is 1. The molecule has 2 unspecified atom stereocenters. The molecule has 1 amide bonds. The zero-order valence-electron chi connectivity index (χ0n) is 15.3. The van der Waals surface area contributed by atoms with Gasteiger partial charge < -0.3 is 15.2 Å². The summed E-state index contributed by atoms with van der Waals surface area (Å²) in [5.74, 6) is -1.47. The van der Waals surface area contributed by atoms with Crippen LogP contribution in [0.1, 0.15) is 52.9 Å². The van der Waals surface area contributed by atoms with Gasteiger partial charge in [0.2, 0.25) is 0 Å². The van der Waals surface area contributed by atoms with Gasteiger partial charge in [0.05, 0.1) is 6.42 Å². The van der Waals surface area contributed by atoms with Crippen molar-refractivity contribution >= 4 is 12.1 Å². The number of hydrogen-bond donors (Lipinski definition) is 2. The molecule has 9 heteroatoms. The van der Waals surface area contributed by atoms with E-state index >= 15 is 0 Å². The summed E-state index contributed by atoms with van der Waals surface area (Å²) >= 11 is 0. The second-order valence-corrected chi connectivity index (χ2v) is 8.18. The van der Waals surface area contributed by atoms with Crippen LogP contribution in [0.15, 0.2) is 0 Å². The number of alkyl halides is 3. The SMILES string of the molecule is CC(C)(C)OC(=O)N[C@H](C(=O)O)C1CC2CCC(C1)N2CCC(F)(F)F. The summed E-state index contributed by atoms with van der Waals surface area (Å²) in [7, 11) is 0. The van der Waals surface area contributed by atoms with Gasteiger partial charge >= 0.3 is 18.2 Å². The number of aliphatic carboxylic acids is 1. The number of rotatable bonds is 5. The van der Waals surface area contributed by atoms with Crippen LogP contribution in [-0.2, 0) is 9.53 Å². The number of carbonyl (C=O) groups is 2. The molecular weight excluding hydrogens is 353 g/mol. The largest absolute Gasteiger partial charge is 0.480 e. The van der Waals surface area contributed by atoms with Crippen LogP contribution in [0.25, 0.3) is 0 Å². The van der Waals surface area contributed by atoms with E-state index in [1.807, 2.05) is 4.90 Å². The van der Waals surface area contributed by atoms with Gasteiger partial charge in [-0.25, -0.2) is 9.59 Å². The third-order valence-corrected chi connectivity index (χ3v) is 4.98. The first-order valence-electron chi connectivity index (χ1n) is 8.90. The Bertz CT molecular complexity index is 519. The molecule has 26 heavy (non-hydrogen) atoms. The van der Waals surface area contributed by atoms with Gasteiger partial charge in [0.15, 0.2) is 0 Å². The lowest BCUT2D eigenvalue weighted by Gasteiger charge is -2.41. The van der Waals surface area contributed by atoms with E-state index in [1.165, 1.54) is 0 Å². The highest BCUT2D eigenvalue weighted by atomic mass is 19.4. The summed E-state index contributed by atoms with van der Waals surface area (Å²) in [6, 6.07) is -1.23. The molecular formula is C17H27F3N2O4. The van der Waals surface area contributed by atoms with Crippen LogP contribution in [0.2, 0.25) is 0 Å². The van der Waals surface area contributed by atoms with E-state index in [0.29, 0.717) is 12.8 Å². The number of piperidine rings is 1. The van der Waals surface area contributed by atoms with Gasteiger partial charge in [0, 0.05) is 18.6 Å². The number of alkyl carbamates (subject to hydrolysis) is 1. The molecule has 0 radical (unpaired) electrons. The van der Waals surface area contributed by atoms with Crippen LogP contribution < -0.4 is 5.32 Å². The smallest absolute Gasteiger partial charge is 0.408 e. The van der Waals surface area contributed by atoms with Crippen molar-refractivity contribution in [3.8, 4) is 0 Å². The number of halogens is 3. The Kier molecular flexibility index (Phi) is 6.09. The van der Waals surface area contributed by atoms with E-state index in [-0.39, 0.29) is 24.5 Å². The monoisotopic (exact) mass is 380 g/mol. The average molecular weight is 380 g/mol. The minimum atomic E-state index is -4.20. The lowest BCUT2D eigenvalue weighted by molar-refractivity contribution is -0.143. The Hall–Kier alpha value is -1.51. The van der Waals surface area contributed by atoms with Crippen molar-refractivity contribution in [2.75, 3.05) is 6.54 Å². The molecule has 2 N–H and O–H groups in total. The molecule has 0 aliphatic carbocycles. The van der Waals surface area contributed by atoms with Gasteiger partial charge in [-0.3, -0.25) is 4.90 Å². The molecule has 2 aliphatic rings. The third-order valence-electron chi connectivity index (χ3n) is 4.98. The molecule has 2 bridgehead atoms. The fraction of sp³-hybridized carbons (Fsp3) is 0.882. The second-order valence-electron chi connectivity index (χ2n) is 8.18. The van der Waals surface area contributed by atoms with Crippen LogP contribution >= 0.6 is 0 Å². The van der Waals surface area contributed by atoms with Crippen molar-refractivity contribution in [3.05, 3.63) is 0 Å². The molecule has 3 atom stereocenters. The molecule has 2 fully saturated rings. The standard InChI is InChI=1S/C17H27F3N2O4/c1-16(2,3)26-15(25)21-13(14(23)24)10-8-11-4-5-12(9-10)22(11)7-6-17(18,19)20/h10-13H,4-9H2,1-3H3,(H,21,25)(H,23,24)/t10?,11?,12?,13-/m0/s1. The van der Waals surface area contributed by atoms with Gasteiger partial charge in [-0.2, -0.15) is 13.2 Å². The van der Waals surface area contributed by atoms with E-state index in [0.717, 1.165) is 12.8 Å². The zero-order valence-corrected chi connectivity index (χ0v) is 15.3. The van der Waals surface area contributed by atoms with Gasteiger partial charge in [-0.1, -0.05) is 0 Å². The van der Waals surface area contributed by atoms with Crippen molar-refractivity contribution in [3.63, 3.8) is 0 Å². The summed E-state index contributed by atoms with van der Waals surface area (Å²) in [6.45, 7) is 4.99. The molecule has 0 spiro atoms. The lowest BCUT2D eigenvalue weighted by Crippen LogP contribution is -2.53. The molecule has 0 aromatic heterocycles. The third kappa shape index (κ3) is 5.75. The normalized spacial score (nSPS) is 27.8. The van der Waals surface area contributed by atoms with Crippen molar-refractivity contribution in [2.24, 2.45) is 5.92 Å². The zero-order chi connectivity index (χ0) is 19.7. The Morgan fingerprint density at radius 3 is 2.15 bits per heavy atom. The molecule has 2 aliphatic heterocycles. The number of nitrogens with one attached hydrogen (secondary N) is 1. The quantitative estimate of drug-likeness (QED) is 0.766. The van der Waals surface area contributed by atoms with Crippen molar-refractivity contribution in [1.29, 1.82) is 0 Å². The van der Waals surface area contributed by atoms with Crippen LogP contribution in [0.5, 0.6) is 0 Å². The maximum Gasteiger partial charge on any atom is 0.408 e. The summed E-state index contributed by atoms with van der Waals surface area (Å²) in [6.07, 6.45) is -3.41. The number of amides is 1. The Labute approximate surface area is 151 Å². The van der Waals surface area contributed by atoms with Crippen LogP contribution in [0.3, 0.4) is 0 Å². The number of carboxylic acids is 1. The number of fused-ring (bicyclic) bond motifs is 2. The first-order chi connectivity index (χ1) is 11.9. The number of carboxylic acid groups (broad SMARTS) is 1. The van der Waals surface area contributed by atoms with Gasteiger partial charge in [-0.05, 0) is 52.4 Å². The Morgan fingerprint density at radius 2 is 1.73 bits per heavy atom. The van der Waals surface area contributed by atoms with Gasteiger partial charge in [-0.15, -0.1) is 0 Å². The van der Waals surface area contributed by atoms with Crippen LogP contribution in [0, 0.1) is 5.92 Å². The van der Waals surface area contributed by atoms with Crippen LogP contribution in [-0.4, -0.2) is 58.5 Å². The van der Waals surface area contributed by atoms with Gasteiger partial charge in [0.25, 0.3) is 0 Å². The van der Waals surface area contributed by atoms with Crippen LogP contribution in [0.4, 0.5) is 18.0 Å². The molecule has 2 saturated heterocycles. The predicted octanol–water partition coefficient (Wildman–Crippen LogP) is 3.16. The molecule has 2 heterocycles. The fourth-order valence-corrected chi connectivity index (χ4v) is 4.03. The summed E-state index contributed by atoms with van der Waals surface area (Å²) in [4.78, 5) is 25.4.